The molecule has 0 spiro atoms. The molecular weight excluding hydrogens is 324 g/mol. The van der Waals surface area contributed by atoms with E-state index < -0.39 is 9.84 Å². The normalized spacial score (nSPS) is 24.5. The number of rotatable bonds is 3. The Hall–Kier alpha value is -1.66. The summed E-state index contributed by atoms with van der Waals surface area (Å²) < 4.78 is 23.2. The highest BCUT2D eigenvalue weighted by molar-refractivity contribution is 7.91. The minimum Gasteiger partial charge on any atom is -0.337 e. The van der Waals surface area contributed by atoms with Crippen LogP contribution in [0.3, 0.4) is 0 Å². The number of nitrogens with zero attached hydrogens (tertiary/aromatic N) is 2. The van der Waals surface area contributed by atoms with Gasteiger partial charge in [-0.1, -0.05) is 29.8 Å². The molecule has 0 aromatic heterocycles. The van der Waals surface area contributed by atoms with Gasteiger partial charge in [0, 0.05) is 38.3 Å². The molecule has 6 heteroatoms. The molecule has 130 valence electrons. The number of amides is 1. The molecule has 24 heavy (non-hydrogen) atoms. The van der Waals surface area contributed by atoms with Crippen molar-refractivity contribution in [3.63, 3.8) is 0 Å². The molecule has 1 aromatic carbocycles. The highest BCUT2D eigenvalue weighted by Crippen LogP contribution is 2.19. The lowest BCUT2D eigenvalue weighted by atomic mass is 10.1. The summed E-state index contributed by atoms with van der Waals surface area (Å²) in [6, 6.07) is 8.17. The number of hydrogen-bond donors (Lipinski definition) is 0. The molecule has 2 heterocycles. The maximum Gasteiger partial charge on any atom is 0.246 e. The molecule has 1 atom stereocenters. The Morgan fingerprint density at radius 3 is 2.58 bits per heavy atom. The second kappa shape index (κ2) is 7.07. The first-order chi connectivity index (χ1) is 11.4. The van der Waals surface area contributed by atoms with E-state index in [1.807, 2.05) is 42.2 Å². The van der Waals surface area contributed by atoms with Crippen molar-refractivity contribution >= 4 is 21.8 Å². The Morgan fingerprint density at radius 2 is 1.96 bits per heavy atom. The number of hydrogen-bond acceptors (Lipinski definition) is 4. The molecule has 0 radical (unpaired) electrons. The zero-order chi connectivity index (χ0) is 17.2. The Labute approximate surface area is 143 Å². The van der Waals surface area contributed by atoms with Crippen molar-refractivity contribution in [2.75, 3.05) is 37.7 Å². The molecule has 5 nitrogen and oxygen atoms in total. The number of piperazine rings is 1. The van der Waals surface area contributed by atoms with Crippen LogP contribution in [-0.2, 0) is 14.6 Å². The van der Waals surface area contributed by atoms with E-state index in [-0.39, 0.29) is 17.7 Å². The number of benzene rings is 1. The van der Waals surface area contributed by atoms with Crippen LogP contribution >= 0.6 is 0 Å². The van der Waals surface area contributed by atoms with E-state index in [9.17, 15) is 13.2 Å². The topological polar surface area (TPSA) is 57.7 Å². The van der Waals surface area contributed by atoms with Crippen molar-refractivity contribution in [3.05, 3.63) is 41.5 Å². The predicted octanol–water partition coefficient (Wildman–Crippen LogP) is 1.34. The molecule has 2 fully saturated rings. The van der Waals surface area contributed by atoms with E-state index in [1.54, 1.807) is 6.08 Å². The maximum absolute atomic E-state index is 12.3. The van der Waals surface area contributed by atoms with Gasteiger partial charge in [-0.25, -0.2) is 8.42 Å². The second-order valence-corrected chi connectivity index (χ2v) is 8.89. The fourth-order valence-electron chi connectivity index (χ4n) is 3.42. The third kappa shape index (κ3) is 4.24. The SMILES string of the molecule is Cc1cccc(/C=C/C(=O)N2CCN([C@@H]3CCS(=O)(=O)C3)CC2)c1. The molecular formula is C18H24N2O3S. The Kier molecular flexibility index (Phi) is 5.06. The fraction of sp³-hybridized carbons (Fsp3) is 0.500. The van der Waals surface area contributed by atoms with Crippen LogP contribution in [0.4, 0.5) is 0 Å². The number of carbonyl (C=O) groups excluding carboxylic acids is 1. The molecule has 0 saturated carbocycles. The fourth-order valence-corrected chi connectivity index (χ4v) is 5.18. The van der Waals surface area contributed by atoms with Crippen LogP contribution in [0.1, 0.15) is 17.5 Å². The smallest absolute Gasteiger partial charge is 0.246 e. The highest BCUT2D eigenvalue weighted by atomic mass is 32.2. The van der Waals surface area contributed by atoms with Crippen LogP contribution in [-0.4, -0.2) is 67.9 Å². The van der Waals surface area contributed by atoms with Gasteiger partial charge in [-0.3, -0.25) is 9.69 Å². The summed E-state index contributed by atoms with van der Waals surface area (Å²) in [6.45, 7) is 4.86. The van der Waals surface area contributed by atoms with Crippen LogP contribution < -0.4 is 0 Å². The standard InChI is InChI=1S/C18H24N2O3S/c1-15-3-2-4-16(13-15)5-6-18(21)20-10-8-19(9-11-20)17-7-12-24(22,23)14-17/h2-6,13,17H,7-12,14H2,1H3/b6-5+/t17-/m1/s1. The molecule has 0 N–H and O–H groups in total. The third-order valence-corrected chi connectivity index (χ3v) is 6.56. The van der Waals surface area contributed by atoms with Crippen molar-refractivity contribution in [1.29, 1.82) is 0 Å². The summed E-state index contributed by atoms with van der Waals surface area (Å²) in [5, 5.41) is 0. The van der Waals surface area contributed by atoms with E-state index in [4.69, 9.17) is 0 Å². The predicted molar refractivity (Wildman–Crippen MR) is 95.4 cm³/mol. The Morgan fingerprint density at radius 1 is 1.21 bits per heavy atom. The Balaban J connectivity index is 1.52. The zero-order valence-corrected chi connectivity index (χ0v) is 14.8. The molecule has 2 aliphatic heterocycles. The number of carbonyl (C=O) groups is 1. The molecule has 1 aromatic rings. The summed E-state index contributed by atoms with van der Waals surface area (Å²) in [5.41, 5.74) is 2.20. The van der Waals surface area contributed by atoms with Gasteiger partial charge in [0.05, 0.1) is 11.5 Å². The maximum atomic E-state index is 12.3. The highest BCUT2D eigenvalue weighted by Gasteiger charge is 2.34. The molecule has 0 unspecified atom stereocenters. The van der Waals surface area contributed by atoms with E-state index >= 15 is 0 Å². The van der Waals surface area contributed by atoms with Crippen LogP contribution in [0.15, 0.2) is 30.3 Å². The number of aryl methyl sites for hydroxylation is 1. The average Bonchev–Trinajstić information content (AvgIpc) is 2.93. The Bertz CT molecular complexity index is 734. The van der Waals surface area contributed by atoms with Gasteiger partial charge in [0.1, 0.15) is 0 Å². The first-order valence-electron chi connectivity index (χ1n) is 8.41. The largest absolute Gasteiger partial charge is 0.337 e. The molecule has 2 saturated heterocycles. The zero-order valence-electron chi connectivity index (χ0n) is 14.0. The summed E-state index contributed by atoms with van der Waals surface area (Å²) in [6.07, 6.45) is 4.21. The van der Waals surface area contributed by atoms with Gasteiger partial charge in [-0.15, -0.1) is 0 Å². The van der Waals surface area contributed by atoms with Gasteiger partial charge in [-0.2, -0.15) is 0 Å². The summed E-state index contributed by atoms with van der Waals surface area (Å²) in [5.74, 6) is 0.597. The van der Waals surface area contributed by atoms with Gasteiger partial charge < -0.3 is 4.90 Å². The van der Waals surface area contributed by atoms with E-state index in [1.165, 1.54) is 5.56 Å². The van der Waals surface area contributed by atoms with Crippen LogP contribution in [0.25, 0.3) is 6.08 Å². The molecule has 0 bridgehead atoms. The first kappa shape index (κ1) is 17.2. The molecule has 0 aliphatic carbocycles. The van der Waals surface area contributed by atoms with Crippen molar-refractivity contribution < 1.29 is 13.2 Å². The molecule has 1 amide bonds. The summed E-state index contributed by atoms with van der Waals surface area (Å²) >= 11 is 0. The van der Waals surface area contributed by atoms with Gasteiger partial charge >= 0.3 is 0 Å². The van der Waals surface area contributed by atoms with Crippen molar-refractivity contribution in [3.8, 4) is 0 Å². The van der Waals surface area contributed by atoms with Crippen LogP contribution in [0.5, 0.6) is 0 Å². The minimum atomic E-state index is -2.85. The van der Waals surface area contributed by atoms with E-state index in [2.05, 4.69) is 4.90 Å². The van der Waals surface area contributed by atoms with Crippen molar-refractivity contribution in [2.24, 2.45) is 0 Å². The van der Waals surface area contributed by atoms with E-state index in [0.29, 0.717) is 18.8 Å². The lowest BCUT2D eigenvalue weighted by Gasteiger charge is -2.37. The molecule has 2 aliphatic rings. The first-order valence-corrected chi connectivity index (χ1v) is 10.2. The van der Waals surface area contributed by atoms with Gasteiger partial charge in [0.25, 0.3) is 0 Å². The third-order valence-electron chi connectivity index (χ3n) is 4.81. The summed E-state index contributed by atoms with van der Waals surface area (Å²) in [7, 11) is -2.85. The second-order valence-electron chi connectivity index (χ2n) is 6.67. The molecule has 3 rings (SSSR count). The lowest BCUT2D eigenvalue weighted by molar-refractivity contribution is -0.127. The van der Waals surface area contributed by atoms with Gasteiger partial charge in [0.15, 0.2) is 9.84 Å². The van der Waals surface area contributed by atoms with Gasteiger partial charge in [-0.05, 0) is 25.0 Å². The van der Waals surface area contributed by atoms with Crippen LogP contribution in [0.2, 0.25) is 0 Å². The van der Waals surface area contributed by atoms with E-state index in [0.717, 1.165) is 25.1 Å². The van der Waals surface area contributed by atoms with Crippen molar-refractivity contribution in [1.82, 2.24) is 9.80 Å². The van der Waals surface area contributed by atoms with Crippen molar-refractivity contribution in [2.45, 2.75) is 19.4 Å². The quantitative estimate of drug-likeness (QED) is 0.774. The minimum absolute atomic E-state index is 0.0233. The number of sulfone groups is 1. The van der Waals surface area contributed by atoms with Crippen LogP contribution in [0, 0.1) is 6.92 Å². The lowest BCUT2D eigenvalue weighted by Crippen LogP contribution is -2.52. The van der Waals surface area contributed by atoms with Gasteiger partial charge in [0.2, 0.25) is 5.91 Å². The summed E-state index contributed by atoms with van der Waals surface area (Å²) in [4.78, 5) is 16.4. The average molecular weight is 348 g/mol. The monoisotopic (exact) mass is 348 g/mol.